The number of methoxy groups -OCH3 is 3. The van der Waals surface area contributed by atoms with Crippen molar-refractivity contribution in [1.29, 1.82) is 0 Å². The van der Waals surface area contributed by atoms with Crippen molar-refractivity contribution in [3.8, 4) is 46.0 Å². The number of benzene rings is 4. The van der Waals surface area contributed by atoms with Crippen LogP contribution in [0, 0.1) is 0 Å². The number of nitrogens with zero attached hydrogens (tertiary/aromatic N) is 2. The third kappa shape index (κ3) is 5.32. The Morgan fingerprint density at radius 1 is 0.689 bits per heavy atom. The molecule has 8 heteroatoms. The van der Waals surface area contributed by atoms with Crippen LogP contribution in [-0.2, 0) is 25.7 Å². The van der Waals surface area contributed by atoms with Crippen molar-refractivity contribution in [3.05, 3.63) is 94.0 Å². The van der Waals surface area contributed by atoms with Crippen LogP contribution in [0.2, 0.25) is 0 Å². The molecule has 8 nitrogen and oxygen atoms in total. The second-order valence-corrected chi connectivity index (χ2v) is 12.3. The summed E-state index contributed by atoms with van der Waals surface area (Å²) in [7, 11) is 9.22. The van der Waals surface area contributed by atoms with E-state index in [1.807, 2.05) is 24.3 Å². The van der Waals surface area contributed by atoms with Gasteiger partial charge in [0.2, 0.25) is 5.75 Å². The van der Waals surface area contributed by atoms with Crippen LogP contribution < -0.4 is 23.7 Å². The van der Waals surface area contributed by atoms with Gasteiger partial charge in [-0.25, -0.2) is 0 Å². The molecular formula is C37H40N2O6. The zero-order valence-electron chi connectivity index (χ0n) is 26.6. The normalized spacial score (nSPS) is 19.4. The zero-order valence-corrected chi connectivity index (χ0v) is 26.6. The van der Waals surface area contributed by atoms with Crippen molar-refractivity contribution < 1.29 is 28.8 Å². The van der Waals surface area contributed by atoms with Crippen molar-refractivity contribution in [2.75, 3.05) is 48.5 Å². The standard InChI is InChI=1S/C37H40N2O6/c1-38-14-12-24-20-32(42-4)34-21-27(24)28(38)16-22-6-9-26(10-7-22)44-33-18-23(8-11-31(33)41-3)17-29-35-25(13-15-39(29)2)19-30(40)36(43-5)37(35)45-34/h6-11,18-21,28-29,40H,12-17H2,1-5H3/t28-,29+/m0/s1. The van der Waals surface area contributed by atoms with Crippen molar-refractivity contribution in [1.82, 2.24) is 9.80 Å². The minimum absolute atomic E-state index is 0.0554. The van der Waals surface area contributed by atoms with E-state index in [9.17, 15) is 5.11 Å². The second kappa shape index (κ2) is 11.8. The molecule has 0 fully saturated rings. The summed E-state index contributed by atoms with van der Waals surface area (Å²) in [6, 6.07) is 20.6. The Hall–Kier alpha value is -4.40. The van der Waals surface area contributed by atoms with Gasteiger partial charge in [-0.3, -0.25) is 9.80 Å². The van der Waals surface area contributed by atoms with Gasteiger partial charge in [-0.05, 0) is 110 Å². The van der Waals surface area contributed by atoms with Gasteiger partial charge in [0.15, 0.2) is 34.5 Å². The first-order chi connectivity index (χ1) is 21.9. The van der Waals surface area contributed by atoms with E-state index >= 15 is 0 Å². The molecule has 2 atom stereocenters. The molecule has 0 amide bonds. The smallest absolute Gasteiger partial charge is 0.204 e. The quantitative estimate of drug-likeness (QED) is 0.271. The number of phenols is 1. The first-order valence-electron chi connectivity index (χ1n) is 15.5. The number of fused-ring (bicyclic) bond motifs is 2. The van der Waals surface area contributed by atoms with Crippen LogP contribution in [0.5, 0.6) is 46.0 Å². The molecule has 0 saturated carbocycles. The summed E-state index contributed by atoms with van der Waals surface area (Å²) in [5.74, 6) is 4.26. The highest BCUT2D eigenvalue weighted by Crippen LogP contribution is 2.51. The maximum absolute atomic E-state index is 11.1. The van der Waals surface area contributed by atoms with Gasteiger partial charge in [0.05, 0.1) is 21.3 Å². The largest absolute Gasteiger partial charge is 0.504 e. The van der Waals surface area contributed by atoms with Crippen molar-refractivity contribution >= 4 is 0 Å². The number of phenolic OH excluding ortho intramolecular Hbond substituents is 1. The molecule has 0 aliphatic carbocycles. The average Bonchev–Trinajstić information content (AvgIpc) is 3.04. The summed E-state index contributed by atoms with van der Waals surface area (Å²) in [5, 5.41) is 11.1. The SMILES string of the molecule is COc1ccc2cc1Oc1ccc(cc1)C[C@H]1c3cc(c(OC)cc3CCN1C)Oc1c(OC)c(O)cc3c1[C@@H](C2)N(C)CC3. The van der Waals surface area contributed by atoms with Crippen molar-refractivity contribution in [2.24, 2.45) is 0 Å². The molecule has 0 unspecified atom stereocenters. The lowest BCUT2D eigenvalue weighted by Gasteiger charge is -2.37. The summed E-state index contributed by atoms with van der Waals surface area (Å²) in [6.07, 6.45) is 3.20. The molecule has 6 bridgehead atoms. The molecule has 0 aromatic heterocycles. The van der Waals surface area contributed by atoms with Gasteiger partial charge in [0, 0.05) is 30.7 Å². The van der Waals surface area contributed by atoms with Gasteiger partial charge in [-0.15, -0.1) is 0 Å². The molecule has 1 N–H and O–H groups in total. The summed E-state index contributed by atoms with van der Waals surface area (Å²) in [5.41, 5.74) is 6.80. The fourth-order valence-electron chi connectivity index (χ4n) is 7.14. The molecule has 4 aromatic rings. The molecule has 0 radical (unpaired) electrons. The maximum atomic E-state index is 11.1. The van der Waals surface area contributed by atoms with E-state index in [1.54, 1.807) is 21.3 Å². The lowest BCUT2D eigenvalue weighted by Crippen LogP contribution is -2.34. The van der Waals surface area contributed by atoms with Gasteiger partial charge in [0.1, 0.15) is 5.75 Å². The van der Waals surface area contributed by atoms with Crippen LogP contribution in [0.3, 0.4) is 0 Å². The zero-order chi connectivity index (χ0) is 31.2. The van der Waals surface area contributed by atoms with Crippen LogP contribution in [0.4, 0.5) is 0 Å². The van der Waals surface area contributed by atoms with Crippen molar-refractivity contribution in [3.63, 3.8) is 0 Å². The third-order valence-electron chi connectivity index (χ3n) is 9.64. The minimum atomic E-state index is -0.0554. The number of hydrogen-bond donors (Lipinski definition) is 1. The van der Waals surface area contributed by atoms with Gasteiger partial charge in [-0.2, -0.15) is 0 Å². The lowest BCUT2D eigenvalue weighted by atomic mass is 9.87. The van der Waals surface area contributed by atoms with Crippen LogP contribution in [0.25, 0.3) is 0 Å². The number of hydrogen-bond acceptors (Lipinski definition) is 8. The molecular weight excluding hydrogens is 568 g/mol. The maximum Gasteiger partial charge on any atom is 0.204 e. The summed E-state index contributed by atoms with van der Waals surface area (Å²) >= 11 is 0. The predicted molar refractivity (Wildman–Crippen MR) is 173 cm³/mol. The second-order valence-electron chi connectivity index (χ2n) is 12.3. The fraction of sp³-hybridized carbons (Fsp3) is 0.351. The van der Waals surface area contributed by atoms with Crippen LogP contribution >= 0.6 is 0 Å². The van der Waals surface area contributed by atoms with Crippen LogP contribution in [0.1, 0.15) is 45.5 Å². The van der Waals surface area contributed by atoms with E-state index in [0.29, 0.717) is 40.9 Å². The van der Waals surface area contributed by atoms with Gasteiger partial charge >= 0.3 is 0 Å². The molecule has 4 heterocycles. The molecule has 45 heavy (non-hydrogen) atoms. The number of ether oxygens (including phenoxy) is 5. The number of likely N-dealkylation sites (N-methyl/N-ethyl adjacent to an activating group) is 2. The molecule has 4 aliphatic rings. The lowest BCUT2D eigenvalue weighted by molar-refractivity contribution is 0.220. The van der Waals surface area contributed by atoms with E-state index in [1.165, 1.54) is 16.7 Å². The number of rotatable bonds is 3. The highest BCUT2D eigenvalue weighted by molar-refractivity contribution is 5.63. The van der Waals surface area contributed by atoms with E-state index in [2.05, 4.69) is 60.3 Å². The van der Waals surface area contributed by atoms with E-state index < -0.39 is 0 Å². The van der Waals surface area contributed by atoms with E-state index in [-0.39, 0.29) is 17.8 Å². The first-order valence-corrected chi connectivity index (χ1v) is 15.5. The van der Waals surface area contributed by atoms with Crippen molar-refractivity contribution in [2.45, 2.75) is 37.8 Å². The Labute approximate surface area is 264 Å². The highest BCUT2D eigenvalue weighted by atomic mass is 16.5. The Balaban J connectivity index is 1.46. The summed E-state index contributed by atoms with van der Waals surface area (Å²) in [6.45, 7) is 1.78. The van der Waals surface area contributed by atoms with E-state index in [0.717, 1.165) is 54.8 Å². The van der Waals surface area contributed by atoms with Crippen LogP contribution in [0.15, 0.2) is 60.7 Å². The molecule has 0 saturated heterocycles. The topological polar surface area (TPSA) is 72.9 Å². The Bertz CT molecular complexity index is 1740. The number of aromatic hydroxyl groups is 1. The highest BCUT2D eigenvalue weighted by Gasteiger charge is 2.34. The van der Waals surface area contributed by atoms with Gasteiger partial charge in [-0.1, -0.05) is 18.2 Å². The summed E-state index contributed by atoms with van der Waals surface area (Å²) < 4.78 is 30.7. The molecule has 4 aliphatic heterocycles. The predicted octanol–water partition coefficient (Wildman–Crippen LogP) is 6.86. The summed E-state index contributed by atoms with van der Waals surface area (Å²) in [4.78, 5) is 4.74. The van der Waals surface area contributed by atoms with E-state index in [4.69, 9.17) is 23.7 Å². The van der Waals surface area contributed by atoms with Gasteiger partial charge < -0.3 is 28.8 Å². The monoisotopic (exact) mass is 608 g/mol. The first kappa shape index (κ1) is 29.3. The van der Waals surface area contributed by atoms with Gasteiger partial charge in [0.25, 0.3) is 0 Å². The molecule has 234 valence electrons. The van der Waals surface area contributed by atoms with Crippen LogP contribution in [-0.4, -0.2) is 63.4 Å². The Morgan fingerprint density at radius 2 is 1.36 bits per heavy atom. The molecule has 0 spiro atoms. The average molecular weight is 609 g/mol. The minimum Gasteiger partial charge on any atom is -0.504 e. The Kier molecular flexibility index (Phi) is 7.71. The molecule has 4 aromatic carbocycles. The fourth-order valence-corrected chi connectivity index (χ4v) is 7.14. The molecule has 8 rings (SSSR count). The third-order valence-corrected chi connectivity index (χ3v) is 9.64. The Morgan fingerprint density at radius 3 is 2.09 bits per heavy atom.